The molecular formula is C23H24O7. The second-order valence-electron chi connectivity index (χ2n) is 7.29. The van der Waals surface area contributed by atoms with E-state index in [1.54, 1.807) is 39.2 Å². The van der Waals surface area contributed by atoms with Crippen LogP contribution in [0.2, 0.25) is 0 Å². The van der Waals surface area contributed by atoms with Gasteiger partial charge in [-0.2, -0.15) is 0 Å². The monoisotopic (exact) mass is 412 g/mol. The zero-order chi connectivity index (χ0) is 21.9. The van der Waals surface area contributed by atoms with Crippen molar-refractivity contribution in [2.24, 2.45) is 0 Å². The number of hydrogen-bond acceptors (Lipinski definition) is 6. The quantitative estimate of drug-likeness (QED) is 0.684. The van der Waals surface area contributed by atoms with Crippen molar-refractivity contribution in [1.82, 2.24) is 0 Å². The largest absolute Gasteiger partial charge is 0.497 e. The molecular weight excluding hydrogens is 388 g/mol. The number of carbonyl (C=O) groups excluding carboxylic acids is 1. The molecule has 1 aliphatic rings. The SMILES string of the molecule is COc1ccc(C(=O)O)c(C(CC2=CC(=O)OC(C)(C)O2)c2ccccc2OC)c1. The predicted molar refractivity (Wildman–Crippen MR) is 109 cm³/mol. The van der Waals surface area contributed by atoms with Crippen LogP contribution in [0.1, 0.15) is 47.7 Å². The maximum absolute atomic E-state index is 12.0. The Bertz CT molecular complexity index is 991. The van der Waals surface area contributed by atoms with Gasteiger partial charge in [-0.15, -0.1) is 0 Å². The number of aromatic carboxylic acids is 1. The summed E-state index contributed by atoms with van der Waals surface area (Å²) >= 11 is 0. The van der Waals surface area contributed by atoms with Crippen molar-refractivity contribution < 1.29 is 33.6 Å². The van der Waals surface area contributed by atoms with Gasteiger partial charge in [0.25, 0.3) is 0 Å². The number of carbonyl (C=O) groups is 2. The van der Waals surface area contributed by atoms with Crippen molar-refractivity contribution in [2.45, 2.75) is 32.0 Å². The summed E-state index contributed by atoms with van der Waals surface area (Å²) in [4.78, 5) is 24.0. The Balaban J connectivity index is 2.17. The Hall–Kier alpha value is -3.48. The highest BCUT2D eigenvalue weighted by atomic mass is 16.7. The highest BCUT2D eigenvalue weighted by Crippen LogP contribution is 2.40. The van der Waals surface area contributed by atoms with Crippen LogP contribution >= 0.6 is 0 Å². The van der Waals surface area contributed by atoms with E-state index in [4.69, 9.17) is 18.9 Å². The summed E-state index contributed by atoms with van der Waals surface area (Å²) in [5.41, 5.74) is 1.41. The zero-order valence-electron chi connectivity index (χ0n) is 17.3. The van der Waals surface area contributed by atoms with Crippen LogP contribution in [0.15, 0.2) is 54.3 Å². The number of carboxylic acids is 1. The first-order chi connectivity index (χ1) is 14.2. The molecule has 0 saturated heterocycles. The van der Waals surface area contributed by atoms with Gasteiger partial charge in [0.15, 0.2) is 0 Å². The van der Waals surface area contributed by atoms with Gasteiger partial charge in [-0.25, -0.2) is 9.59 Å². The molecule has 0 fully saturated rings. The molecule has 0 aliphatic carbocycles. The Morgan fingerprint density at radius 1 is 1.07 bits per heavy atom. The van der Waals surface area contributed by atoms with Crippen LogP contribution < -0.4 is 9.47 Å². The van der Waals surface area contributed by atoms with E-state index in [1.807, 2.05) is 18.2 Å². The van der Waals surface area contributed by atoms with Crippen LogP contribution in [0, 0.1) is 0 Å². The molecule has 0 aromatic heterocycles. The number of rotatable bonds is 7. The number of allylic oxidation sites excluding steroid dienone is 1. The van der Waals surface area contributed by atoms with Crippen molar-refractivity contribution in [1.29, 1.82) is 0 Å². The number of carboxylic acid groups (broad SMARTS) is 1. The molecule has 3 rings (SSSR count). The number of benzene rings is 2. The molecule has 0 amide bonds. The van der Waals surface area contributed by atoms with Crippen LogP contribution in [0.3, 0.4) is 0 Å². The lowest BCUT2D eigenvalue weighted by molar-refractivity contribution is -0.206. The van der Waals surface area contributed by atoms with Gasteiger partial charge in [0.1, 0.15) is 17.3 Å². The fraction of sp³-hybridized carbons (Fsp3) is 0.304. The van der Waals surface area contributed by atoms with Crippen molar-refractivity contribution in [2.75, 3.05) is 14.2 Å². The minimum absolute atomic E-state index is 0.130. The van der Waals surface area contributed by atoms with E-state index in [0.717, 1.165) is 5.56 Å². The van der Waals surface area contributed by atoms with Gasteiger partial charge in [-0.1, -0.05) is 18.2 Å². The summed E-state index contributed by atoms with van der Waals surface area (Å²) < 4.78 is 21.9. The van der Waals surface area contributed by atoms with Gasteiger partial charge in [0, 0.05) is 31.7 Å². The van der Waals surface area contributed by atoms with Crippen LogP contribution in [0.4, 0.5) is 0 Å². The molecule has 7 nitrogen and oxygen atoms in total. The lowest BCUT2D eigenvalue weighted by Gasteiger charge is -2.32. The molecule has 158 valence electrons. The Labute approximate surface area is 174 Å². The molecule has 1 heterocycles. The highest BCUT2D eigenvalue weighted by molar-refractivity contribution is 5.90. The summed E-state index contributed by atoms with van der Waals surface area (Å²) in [5, 5.41) is 9.79. The topological polar surface area (TPSA) is 91.3 Å². The first-order valence-corrected chi connectivity index (χ1v) is 9.40. The van der Waals surface area contributed by atoms with Crippen LogP contribution in [-0.2, 0) is 14.3 Å². The smallest absolute Gasteiger partial charge is 0.337 e. The number of esters is 1. The van der Waals surface area contributed by atoms with Gasteiger partial charge >= 0.3 is 11.9 Å². The normalized spacial score (nSPS) is 16.0. The first kappa shape index (κ1) is 21.2. The lowest BCUT2D eigenvalue weighted by Crippen LogP contribution is -2.34. The van der Waals surface area contributed by atoms with E-state index in [0.29, 0.717) is 22.8 Å². The van der Waals surface area contributed by atoms with E-state index in [9.17, 15) is 14.7 Å². The van der Waals surface area contributed by atoms with E-state index in [1.165, 1.54) is 19.3 Å². The second-order valence-corrected chi connectivity index (χ2v) is 7.29. The zero-order valence-corrected chi connectivity index (χ0v) is 17.3. The van der Waals surface area contributed by atoms with Gasteiger partial charge in [0.2, 0.25) is 5.79 Å². The Kier molecular flexibility index (Phi) is 6.01. The van der Waals surface area contributed by atoms with Crippen molar-refractivity contribution in [3.63, 3.8) is 0 Å². The summed E-state index contributed by atoms with van der Waals surface area (Å²) in [7, 11) is 3.07. The molecule has 7 heteroatoms. The molecule has 1 atom stereocenters. The highest BCUT2D eigenvalue weighted by Gasteiger charge is 2.33. The summed E-state index contributed by atoms with van der Waals surface area (Å²) in [5.74, 6) is -1.65. The maximum atomic E-state index is 12.0. The standard InChI is InChI=1S/C23H24O7/c1-23(2)29-15(13-21(24)30-23)12-18(16-7-5-6-8-20(16)28-4)19-11-14(27-3)9-10-17(19)22(25)26/h5-11,13,18H,12H2,1-4H3,(H,25,26). The van der Waals surface area contributed by atoms with Gasteiger partial charge in [0.05, 0.1) is 25.9 Å². The predicted octanol–water partition coefficient (Wildman–Crippen LogP) is 4.12. The molecule has 0 spiro atoms. The maximum Gasteiger partial charge on any atom is 0.337 e. The minimum Gasteiger partial charge on any atom is -0.497 e. The molecule has 1 unspecified atom stereocenters. The first-order valence-electron chi connectivity index (χ1n) is 9.40. The van der Waals surface area contributed by atoms with Gasteiger partial charge in [-0.3, -0.25) is 0 Å². The number of methoxy groups -OCH3 is 2. The average molecular weight is 412 g/mol. The molecule has 0 bridgehead atoms. The van der Waals surface area contributed by atoms with E-state index < -0.39 is 23.6 Å². The molecule has 0 saturated carbocycles. The number of cyclic esters (lactones) is 1. The van der Waals surface area contributed by atoms with Crippen LogP contribution in [0.25, 0.3) is 0 Å². The second kappa shape index (κ2) is 8.49. The summed E-state index contributed by atoms with van der Waals surface area (Å²) in [6.07, 6.45) is 1.51. The third kappa shape index (κ3) is 4.56. The van der Waals surface area contributed by atoms with Crippen molar-refractivity contribution >= 4 is 11.9 Å². The van der Waals surface area contributed by atoms with E-state index in [-0.39, 0.29) is 12.0 Å². The molecule has 1 aliphatic heterocycles. The fourth-order valence-corrected chi connectivity index (χ4v) is 3.56. The number of para-hydroxylation sites is 1. The van der Waals surface area contributed by atoms with Gasteiger partial charge in [-0.05, 0) is 29.8 Å². The van der Waals surface area contributed by atoms with Crippen LogP contribution in [-0.4, -0.2) is 37.1 Å². The van der Waals surface area contributed by atoms with Crippen molar-refractivity contribution in [3.8, 4) is 11.5 Å². The van der Waals surface area contributed by atoms with Gasteiger partial charge < -0.3 is 24.1 Å². The van der Waals surface area contributed by atoms with Crippen molar-refractivity contribution in [3.05, 3.63) is 71.0 Å². The number of hydrogen-bond donors (Lipinski definition) is 1. The Morgan fingerprint density at radius 2 is 1.80 bits per heavy atom. The third-order valence-corrected chi connectivity index (χ3v) is 4.79. The van der Waals surface area contributed by atoms with Crippen LogP contribution in [0.5, 0.6) is 11.5 Å². The minimum atomic E-state index is -1.11. The molecule has 2 aromatic carbocycles. The summed E-state index contributed by atoms with van der Waals surface area (Å²) in [6.45, 7) is 3.29. The van der Waals surface area contributed by atoms with E-state index in [2.05, 4.69) is 0 Å². The average Bonchev–Trinajstić information content (AvgIpc) is 2.70. The summed E-state index contributed by atoms with van der Waals surface area (Å²) in [6, 6.07) is 12.1. The number of ether oxygens (including phenoxy) is 4. The molecule has 0 radical (unpaired) electrons. The van der Waals surface area contributed by atoms with E-state index >= 15 is 0 Å². The molecule has 30 heavy (non-hydrogen) atoms. The molecule has 1 N–H and O–H groups in total. The molecule has 2 aromatic rings. The fourth-order valence-electron chi connectivity index (χ4n) is 3.56. The third-order valence-electron chi connectivity index (χ3n) is 4.79. The lowest BCUT2D eigenvalue weighted by atomic mass is 9.84. The Morgan fingerprint density at radius 3 is 2.43 bits per heavy atom.